The third kappa shape index (κ3) is 4.66. The Morgan fingerprint density at radius 1 is 1.25 bits per heavy atom. The molecule has 0 aliphatic rings. The molecule has 5 heteroatoms. The first-order valence-electron chi connectivity index (χ1n) is 6.75. The van der Waals surface area contributed by atoms with Gasteiger partial charge in [-0.3, -0.25) is 9.59 Å². The van der Waals surface area contributed by atoms with Crippen LogP contribution in [0.5, 0.6) is 0 Å². The largest absolute Gasteiger partial charge is 0.352 e. The number of nitrogens with zero attached hydrogens (tertiary/aromatic N) is 1. The molecule has 2 amide bonds. The first-order valence-corrected chi connectivity index (χ1v) is 6.75. The third-order valence-corrected chi connectivity index (χ3v) is 2.94. The molecule has 0 fully saturated rings. The summed E-state index contributed by atoms with van der Waals surface area (Å²) in [5, 5.41) is 2.76. The smallest absolute Gasteiger partial charge is 0.239 e. The molecule has 0 saturated carbocycles. The Hall–Kier alpha value is -1.88. The number of amides is 2. The van der Waals surface area contributed by atoms with E-state index < -0.39 is 5.92 Å². The van der Waals surface area contributed by atoms with Crippen LogP contribution < -0.4 is 11.1 Å². The summed E-state index contributed by atoms with van der Waals surface area (Å²) >= 11 is 0. The van der Waals surface area contributed by atoms with E-state index in [1.165, 1.54) is 4.90 Å². The van der Waals surface area contributed by atoms with Gasteiger partial charge in [-0.05, 0) is 19.4 Å². The van der Waals surface area contributed by atoms with Crippen LogP contribution in [0.15, 0.2) is 30.3 Å². The van der Waals surface area contributed by atoms with Gasteiger partial charge in [0.2, 0.25) is 11.8 Å². The summed E-state index contributed by atoms with van der Waals surface area (Å²) < 4.78 is 0. The minimum absolute atomic E-state index is 0.0420. The van der Waals surface area contributed by atoms with Gasteiger partial charge >= 0.3 is 0 Å². The van der Waals surface area contributed by atoms with Crippen molar-refractivity contribution in [2.75, 3.05) is 20.1 Å². The topological polar surface area (TPSA) is 75.4 Å². The highest BCUT2D eigenvalue weighted by atomic mass is 16.2. The van der Waals surface area contributed by atoms with Crippen LogP contribution in [0.3, 0.4) is 0 Å². The van der Waals surface area contributed by atoms with E-state index in [2.05, 4.69) is 5.32 Å². The van der Waals surface area contributed by atoms with Gasteiger partial charge in [0.05, 0.1) is 12.5 Å². The number of likely N-dealkylation sites (N-methyl/N-ethyl adjacent to an activating group) is 1. The molecule has 0 spiro atoms. The first-order chi connectivity index (χ1) is 9.45. The number of carbonyl (C=O) groups excluding carboxylic acids is 2. The number of rotatable bonds is 6. The minimum atomic E-state index is -0.409. The SMILES string of the molecule is CC(C)NC(=O)CN(C)C(=O)C(CN)c1ccccc1. The molecule has 1 unspecified atom stereocenters. The van der Waals surface area contributed by atoms with E-state index in [9.17, 15) is 9.59 Å². The van der Waals surface area contributed by atoms with Gasteiger partial charge in [0.1, 0.15) is 0 Å². The molecule has 0 aliphatic heterocycles. The second kappa shape index (κ2) is 7.65. The Bertz CT molecular complexity index is 446. The molecule has 110 valence electrons. The van der Waals surface area contributed by atoms with E-state index in [0.29, 0.717) is 0 Å². The van der Waals surface area contributed by atoms with Crippen molar-refractivity contribution < 1.29 is 9.59 Å². The molecule has 0 radical (unpaired) electrons. The summed E-state index contributed by atoms with van der Waals surface area (Å²) in [6.45, 7) is 4.03. The van der Waals surface area contributed by atoms with Crippen molar-refractivity contribution in [3.63, 3.8) is 0 Å². The van der Waals surface area contributed by atoms with Crippen LogP contribution in [-0.2, 0) is 9.59 Å². The predicted octanol–water partition coefficient (Wildman–Crippen LogP) is 0.712. The number of nitrogens with one attached hydrogen (secondary N) is 1. The minimum Gasteiger partial charge on any atom is -0.352 e. The van der Waals surface area contributed by atoms with E-state index in [0.717, 1.165) is 5.56 Å². The maximum atomic E-state index is 12.4. The second-order valence-corrected chi connectivity index (χ2v) is 5.12. The van der Waals surface area contributed by atoms with Crippen LogP contribution in [-0.4, -0.2) is 42.9 Å². The summed E-state index contributed by atoms with van der Waals surface area (Å²) in [7, 11) is 1.62. The van der Waals surface area contributed by atoms with Crippen LogP contribution in [0.25, 0.3) is 0 Å². The van der Waals surface area contributed by atoms with Gasteiger partial charge in [0.25, 0.3) is 0 Å². The molecule has 5 nitrogen and oxygen atoms in total. The zero-order valence-corrected chi connectivity index (χ0v) is 12.3. The van der Waals surface area contributed by atoms with Gasteiger partial charge in [0, 0.05) is 19.6 Å². The number of hydrogen-bond donors (Lipinski definition) is 2. The lowest BCUT2D eigenvalue weighted by Gasteiger charge is -2.23. The van der Waals surface area contributed by atoms with Gasteiger partial charge in [-0.2, -0.15) is 0 Å². The highest BCUT2D eigenvalue weighted by molar-refractivity contribution is 5.88. The average molecular weight is 277 g/mol. The van der Waals surface area contributed by atoms with Crippen molar-refractivity contribution in [1.29, 1.82) is 0 Å². The van der Waals surface area contributed by atoms with Crippen molar-refractivity contribution >= 4 is 11.8 Å². The summed E-state index contributed by atoms with van der Waals surface area (Å²) in [5.74, 6) is -0.717. The summed E-state index contributed by atoms with van der Waals surface area (Å²) in [6.07, 6.45) is 0. The van der Waals surface area contributed by atoms with Crippen LogP contribution in [0.4, 0.5) is 0 Å². The molecule has 0 aliphatic carbocycles. The first kappa shape index (κ1) is 16.2. The van der Waals surface area contributed by atoms with Gasteiger partial charge < -0.3 is 16.0 Å². The Labute approximate surface area is 120 Å². The van der Waals surface area contributed by atoms with Gasteiger partial charge in [-0.1, -0.05) is 30.3 Å². The third-order valence-electron chi connectivity index (χ3n) is 2.94. The maximum absolute atomic E-state index is 12.4. The number of nitrogens with two attached hydrogens (primary N) is 1. The van der Waals surface area contributed by atoms with Crippen molar-refractivity contribution in [1.82, 2.24) is 10.2 Å². The van der Waals surface area contributed by atoms with E-state index >= 15 is 0 Å². The highest BCUT2D eigenvalue weighted by Crippen LogP contribution is 2.16. The van der Waals surface area contributed by atoms with E-state index in [4.69, 9.17) is 5.73 Å². The fraction of sp³-hybridized carbons (Fsp3) is 0.467. The number of hydrogen-bond acceptors (Lipinski definition) is 3. The molecule has 3 N–H and O–H groups in total. The fourth-order valence-corrected chi connectivity index (χ4v) is 1.99. The molecule has 1 atom stereocenters. The monoisotopic (exact) mass is 277 g/mol. The molecule has 1 aromatic rings. The lowest BCUT2D eigenvalue weighted by Crippen LogP contribution is -2.43. The Kier molecular flexibility index (Phi) is 6.18. The van der Waals surface area contributed by atoms with Crippen LogP contribution in [0.2, 0.25) is 0 Å². The van der Waals surface area contributed by atoms with Crippen LogP contribution in [0.1, 0.15) is 25.3 Å². The van der Waals surface area contributed by atoms with Crippen molar-refractivity contribution in [3.05, 3.63) is 35.9 Å². The van der Waals surface area contributed by atoms with Crippen LogP contribution >= 0.6 is 0 Å². The zero-order chi connectivity index (χ0) is 15.1. The van der Waals surface area contributed by atoms with E-state index in [-0.39, 0.29) is 30.9 Å². The number of benzene rings is 1. The van der Waals surface area contributed by atoms with E-state index in [1.807, 2.05) is 44.2 Å². The molecular formula is C15H23N3O2. The van der Waals surface area contributed by atoms with Crippen molar-refractivity contribution in [3.8, 4) is 0 Å². The molecule has 0 saturated heterocycles. The van der Waals surface area contributed by atoms with Gasteiger partial charge in [0.15, 0.2) is 0 Å². The Balaban J connectivity index is 2.69. The molecule has 0 bridgehead atoms. The maximum Gasteiger partial charge on any atom is 0.239 e. The summed E-state index contributed by atoms with van der Waals surface area (Å²) in [4.78, 5) is 25.5. The van der Waals surface area contributed by atoms with Gasteiger partial charge in [-0.15, -0.1) is 0 Å². The molecular weight excluding hydrogens is 254 g/mol. The lowest BCUT2D eigenvalue weighted by molar-refractivity contribution is -0.135. The van der Waals surface area contributed by atoms with Gasteiger partial charge in [-0.25, -0.2) is 0 Å². The quantitative estimate of drug-likeness (QED) is 0.804. The average Bonchev–Trinajstić information content (AvgIpc) is 2.39. The summed E-state index contributed by atoms with van der Waals surface area (Å²) in [5.41, 5.74) is 6.58. The predicted molar refractivity (Wildman–Crippen MR) is 79.2 cm³/mol. The zero-order valence-electron chi connectivity index (χ0n) is 12.3. The highest BCUT2D eigenvalue weighted by Gasteiger charge is 2.23. The second-order valence-electron chi connectivity index (χ2n) is 5.12. The molecule has 1 aromatic carbocycles. The fourth-order valence-electron chi connectivity index (χ4n) is 1.99. The molecule has 0 heterocycles. The van der Waals surface area contributed by atoms with Crippen LogP contribution in [0, 0.1) is 0 Å². The molecule has 0 aromatic heterocycles. The van der Waals surface area contributed by atoms with Crippen molar-refractivity contribution in [2.45, 2.75) is 25.8 Å². The Morgan fingerprint density at radius 3 is 2.35 bits per heavy atom. The van der Waals surface area contributed by atoms with Crippen molar-refractivity contribution in [2.24, 2.45) is 5.73 Å². The normalized spacial score (nSPS) is 12.1. The Morgan fingerprint density at radius 2 is 1.85 bits per heavy atom. The number of carbonyl (C=O) groups is 2. The molecule has 20 heavy (non-hydrogen) atoms. The summed E-state index contributed by atoms with van der Waals surface area (Å²) in [6, 6.07) is 9.44. The standard InChI is InChI=1S/C15H23N3O2/c1-11(2)17-14(19)10-18(3)15(20)13(9-16)12-7-5-4-6-8-12/h4-8,11,13H,9-10,16H2,1-3H3,(H,17,19). The molecule has 1 rings (SSSR count). The van der Waals surface area contributed by atoms with E-state index in [1.54, 1.807) is 7.05 Å². The lowest BCUT2D eigenvalue weighted by atomic mass is 9.98.